The van der Waals surface area contributed by atoms with Gasteiger partial charge in [0, 0.05) is 5.56 Å². The molecule has 0 saturated carbocycles. The molecule has 5 nitrogen and oxygen atoms in total. The van der Waals surface area contributed by atoms with Gasteiger partial charge in [0.2, 0.25) is 5.82 Å². The molecule has 0 spiro atoms. The lowest BCUT2D eigenvalue weighted by Gasteiger charge is -2.09. The van der Waals surface area contributed by atoms with Crippen molar-refractivity contribution in [2.24, 2.45) is 0 Å². The minimum absolute atomic E-state index is 0.279. The van der Waals surface area contributed by atoms with Crippen LogP contribution in [0.1, 0.15) is 37.0 Å². The smallest absolute Gasteiger partial charge is 0.204 e. The fourth-order valence-corrected chi connectivity index (χ4v) is 2.39. The SMILES string of the molecule is CC(C)c1ccc(-c2nnn(C[C@H](O)c3ccccc3)n2)cc1. The molecule has 1 heterocycles. The van der Waals surface area contributed by atoms with E-state index in [0.29, 0.717) is 11.7 Å². The highest BCUT2D eigenvalue weighted by Crippen LogP contribution is 2.20. The topological polar surface area (TPSA) is 63.8 Å². The highest BCUT2D eigenvalue weighted by Gasteiger charge is 2.12. The fraction of sp³-hybridized carbons (Fsp3) is 0.278. The molecule has 1 atom stereocenters. The first-order chi connectivity index (χ1) is 11.1. The first-order valence-electron chi connectivity index (χ1n) is 7.74. The number of tetrazole rings is 1. The molecule has 0 saturated heterocycles. The molecule has 0 radical (unpaired) electrons. The van der Waals surface area contributed by atoms with E-state index < -0.39 is 6.10 Å². The van der Waals surface area contributed by atoms with Crippen molar-refractivity contribution in [2.45, 2.75) is 32.4 Å². The third-order valence-corrected chi connectivity index (χ3v) is 3.81. The molecule has 3 aromatic rings. The quantitative estimate of drug-likeness (QED) is 0.786. The Morgan fingerprint density at radius 3 is 2.30 bits per heavy atom. The average molecular weight is 308 g/mol. The molecule has 0 aliphatic carbocycles. The number of hydrogen-bond donors (Lipinski definition) is 1. The van der Waals surface area contributed by atoms with E-state index in [2.05, 4.69) is 41.4 Å². The average Bonchev–Trinajstić information content (AvgIpc) is 3.04. The Hall–Kier alpha value is -2.53. The van der Waals surface area contributed by atoms with Crippen molar-refractivity contribution in [1.82, 2.24) is 20.2 Å². The van der Waals surface area contributed by atoms with Crippen molar-refractivity contribution >= 4 is 0 Å². The Labute approximate surface area is 135 Å². The third-order valence-electron chi connectivity index (χ3n) is 3.81. The largest absolute Gasteiger partial charge is 0.386 e. The summed E-state index contributed by atoms with van der Waals surface area (Å²) in [6, 6.07) is 17.7. The van der Waals surface area contributed by atoms with E-state index in [1.807, 2.05) is 42.5 Å². The Morgan fingerprint density at radius 1 is 0.957 bits per heavy atom. The molecule has 118 valence electrons. The molecule has 5 heteroatoms. The summed E-state index contributed by atoms with van der Waals surface area (Å²) in [4.78, 5) is 1.43. The van der Waals surface area contributed by atoms with Gasteiger partial charge in [0.05, 0.1) is 6.54 Å². The maximum Gasteiger partial charge on any atom is 0.204 e. The number of hydrogen-bond acceptors (Lipinski definition) is 4. The van der Waals surface area contributed by atoms with Crippen LogP contribution in [0.15, 0.2) is 54.6 Å². The van der Waals surface area contributed by atoms with Crippen LogP contribution in [-0.2, 0) is 6.54 Å². The highest BCUT2D eigenvalue weighted by atomic mass is 16.3. The van der Waals surface area contributed by atoms with Crippen LogP contribution in [0.4, 0.5) is 0 Å². The number of rotatable bonds is 5. The van der Waals surface area contributed by atoms with Gasteiger partial charge in [0.1, 0.15) is 6.10 Å². The van der Waals surface area contributed by atoms with E-state index >= 15 is 0 Å². The standard InChI is InChI=1S/C18H20N4O/c1-13(2)14-8-10-16(11-9-14)18-19-21-22(20-18)12-17(23)15-6-4-3-5-7-15/h3-11,13,17,23H,12H2,1-2H3/t17-/m0/s1. The van der Waals surface area contributed by atoms with E-state index in [1.54, 1.807) is 0 Å². The molecule has 3 rings (SSSR count). The predicted molar refractivity (Wildman–Crippen MR) is 88.7 cm³/mol. The molecule has 23 heavy (non-hydrogen) atoms. The Bertz CT molecular complexity index is 750. The molecule has 0 amide bonds. The van der Waals surface area contributed by atoms with Gasteiger partial charge in [-0.05, 0) is 22.3 Å². The maximum absolute atomic E-state index is 10.2. The summed E-state index contributed by atoms with van der Waals surface area (Å²) in [5, 5.41) is 22.7. The summed E-state index contributed by atoms with van der Waals surface area (Å²) in [6.07, 6.45) is -0.651. The summed E-state index contributed by atoms with van der Waals surface area (Å²) >= 11 is 0. The molecule has 1 N–H and O–H groups in total. The normalized spacial score (nSPS) is 12.5. The summed E-state index contributed by atoms with van der Waals surface area (Å²) in [7, 11) is 0. The zero-order chi connectivity index (χ0) is 16.2. The van der Waals surface area contributed by atoms with Crippen molar-refractivity contribution in [3.63, 3.8) is 0 Å². The van der Waals surface area contributed by atoms with Crippen molar-refractivity contribution in [2.75, 3.05) is 0 Å². The van der Waals surface area contributed by atoms with Gasteiger partial charge >= 0.3 is 0 Å². The first kappa shape index (κ1) is 15.4. The fourth-order valence-electron chi connectivity index (χ4n) is 2.39. The minimum atomic E-state index is -0.651. The molecule has 1 aromatic heterocycles. The van der Waals surface area contributed by atoms with Crippen molar-refractivity contribution in [1.29, 1.82) is 0 Å². The van der Waals surface area contributed by atoms with Gasteiger partial charge in [-0.2, -0.15) is 4.80 Å². The van der Waals surface area contributed by atoms with Crippen molar-refractivity contribution in [3.8, 4) is 11.4 Å². The van der Waals surface area contributed by atoms with Gasteiger partial charge < -0.3 is 5.11 Å². The molecule has 0 aliphatic heterocycles. The van der Waals surface area contributed by atoms with Gasteiger partial charge in [-0.25, -0.2) is 0 Å². The first-order valence-corrected chi connectivity index (χ1v) is 7.74. The summed E-state index contributed by atoms with van der Waals surface area (Å²) < 4.78 is 0. The molecule has 0 aliphatic rings. The van der Waals surface area contributed by atoms with Gasteiger partial charge in [0.25, 0.3) is 0 Å². The number of aliphatic hydroxyl groups excluding tert-OH is 1. The van der Waals surface area contributed by atoms with Crippen LogP contribution >= 0.6 is 0 Å². The van der Waals surface area contributed by atoms with E-state index in [1.165, 1.54) is 10.4 Å². The van der Waals surface area contributed by atoms with Gasteiger partial charge in [0.15, 0.2) is 0 Å². The lowest BCUT2D eigenvalue weighted by Crippen LogP contribution is -2.11. The summed E-state index contributed by atoms with van der Waals surface area (Å²) in [5.74, 6) is 1.06. The second-order valence-corrected chi connectivity index (χ2v) is 5.87. The van der Waals surface area contributed by atoms with E-state index in [-0.39, 0.29) is 6.54 Å². The van der Waals surface area contributed by atoms with Crippen molar-refractivity contribution < 1.29 is 5.11 Å². The molecular weight excluding hydrogens is 288 g/mol. The van der Waals surface area contributed by atoms with E-state index in [9.17, 15) is 5.11 Å². The second-order valence-electron chi connectivity index (χ2n) is 5.87. The van der Waals surface area contributed by atoms with Crippen LogP contribution in [-0.4, -0.2) is 25.3 Å². The molecule has 0 fully saturated rings. The Morgan fingerprint density at radius 2 is 1.65 bits per heavy atom. The Balaban J connectivity index is 1.73. The van der Waals surface area contributed by atoms with Gasteiger partial charge in [-0.3, -0.25) is 0 Å². The summed E-state index contributed by atoms with van der Waals surface area (Å²) in [5.41, 5.74) is 3.04. The monoisotopic (exact) mass is 308 g/mol. The van der Waals surface area contributed by atoms with Crippen LogP contribution in [0.3, 0.4) is 0 Å². The number of aromatic nitrogens is 4. The maximum atomic E-state index is 10.2. The highest BCUT2D eigenvalue weighted by molar-refractivity contribution is 5.54. The number of aliphatic hydroxyl groups is 1. The van der Waals surface area contributed by atoms with E-state index in [0.717, 1.165) is 11.1 Å². The number of nitrogens with zero attached hydrogens (tertiary/aromatic N) is 4. The number of benzene rings is 2. The molecule has 2 aromatic carbocycles. The van der Waals surface area contributed by atoms with Crippen LogP contribution in [0, 0.1) is 0 Å². The lowest BCUT2D eigenvalue weighted by molar-refractivity contribution is 0.144. The third kappa shape index (κ3) is 3.63. The lowest BCUT2D eigenvalue weighted by atomic mass is 10.0. The molecular formula is C18H20N4O. The molecule has 0 bridgehead atoms. The summed E-state index contributed by atoms with van der Waals surface area (Å²) in [6.45, 7) is 4.60. The van der Waals surface area contributed by atoms with Gasteiger partial charge in [-0.15, -0.1) is 10.2 Å². The second kappa shape index (κ2) is 6.71. The van der Waals surface area contributed by atoms with Crippen molar-refractivity contribution in [3.05, 3.63) is 65.7 Å². The Kier molecular flexibility index (Phi) is 4.48. The van der Waals surface area contributed by atoms with Crippen LogP contribution in [0.5, 0.6) is 0 Å². The predicted octanol–water partition coefficient (Wildman–Crippen LogP) is 3.20. The molecule has 0 unspecified atom stereocenters. The zero-order valence-corrected chi connectivity index (χ0v) is 13.3. The van der Waals surface area contributed by atoms with Crippen LogP contribution in [0.25, 0.3) is 11.4 Å². The van der Waals surface area contributed by atoms with Crippen LogP contribution in [0.2, 0.25) is 0 Å². The minimum Gasteiger partial charge on any atom is -0.386 e. The van der Waals surface area contributed by atoms with Gasteiger partial charge in [-0.1, -0.05) is 68.4 Å². The van der Waals surface area contributed by atoms with Crippen LogP contribution < -0.4 is 0 Å². The van der Waals surface area contributed by atoms with E-state index in [4.69, 9.17) is 0 Å². The zero-order valence-electron chi connectivity index (χ0n) is 13.3.